The van der Waals surface area contributed by atoms with Gasteiger partial charge in [0.05, 0.1) is 0 Å². The summed E-state index contributed by atoms with van der Waals surface area (Å²) in [6.07, 6.45) is 4.68. The molecule has 2 fully saturated rings. The van der Waals surface area contributed by atoms with Crippen LogP contribution in [0.4, 0.5) is 0 Å². The van der Waals surface area contributed by atoms with E-state index >= 15 is 0 Å². The Bertz CT molecular complexity index is 1590. The zero-order valence-corrected chi connectivity index (χ0v) is 22.5. The minimum absolute atomic E-state index is 0.181. The first-order valence-electron chi connectivity index (χ1n) is 13.8. The average Bonchev–Trinajstić information content (AvgIpc) is 3.30. The third-order valence-electron chi connectivity index (χ3n) is 8.58. The van der Waals surface area contributed by atoms with Gasteiger partial charge in [0, 0.05) is 42.3 Å². The summed E-state index contributed by atoms with van der Waals surface area (Å²) in [5.74, 6) is -2.81. The minimum atomic E-state index is -0.792. The maximum Gasteiger partial charge on any atom is 0.287 e. The molecule has 1 spiro atoms. The molecule has 2 aliphatic rings. The minimum Gasteiger partial charge on any atom is -0.368 e. The first-order chi connectivity index (χ1) is 19.8. The highest BCUT2D eigenvalue weighted by atomic mass is 16.2. The van der Waals surface area contributed by atoms with E-state index in [1.165, 1.54) is 4.90 Å². The smallest absolute Gasteiger partial charge is 0.287 e. The van der Waals surface area contributed by atoms with E-state index in [0.717, 1.165) is 22.0 Å². The SMILES string of the molecule is NC(=O)C1CC2(CC2[C@H](Cc2cccnc2)C(=O)C(=O)NCc2ccccc2)CN1C(=O)c1cc2ccccc2[nH]1. The monoisotopic (exact) mass is 549 g/mol. The maximum atomic E-state index is 13.6. The summed E-state index contributed by atoms with van der Waals surface area (Å²) in [6, 6.07) is 21.7. The molecule has 4 N–H and O–H groups in total. The van der Waals surface area contributed by atoms with Crippen LogP contribution in [0, 0.1) is 17.3 Å². The number of nitrogens with one attached hydrogen (secondary N) is 2. The quantitative estimate of drug-likeness (QED) is 0.276. The van der Waals surface area contributed by atoms with Gasteiger partial charge >= 0.3 is 0 Å². The van der Waals surface area contributed by atoms with Crippen molar-refractivity contribution in [2.45, 2.75) is 31.8 Å². The van der Waals surface area contributed by atoms with Crippen LogP contribution >= 0.6 is 0 Å². The summed E-state index contributed by atoms with van der Waals surface area (Å²) in [5, 5.41) is 3.66. The molecule has 1 aliphatic carbocycles. The number of fused-ring (bicyclic) bond motifs is 1. The van der Waals surface area contributed by atoms with Gasteiger partial charge in [0.1, 0.15) is 11.7 Å². The van der Waals surface area contributed by atoms with Gasteiger partial charge in [-0.25, -0.2) is 0 Å². The number of aromatic amines is 1. The number of ketones is 1. The Kier molecular flexibility index (Phi) is 6.86. The molecule has 208 valence electrons. The molecular formula is C32H31N5O4. The summed E-state index contributed by atoms with van der Waals surface area (Å²) in [6.45, 7) is 0.541. The predicted molar refractivity (Wildman–Crippen MR) is 152 cm³/mol. The lowest BCUT2D eigenvalue weighted by molar-refractivity contribution is -0.141. The molecule has 9 heteroatoms. The third kappa shape index (κ3) is 5.23. The van der Waals surface area contributed by atoms with E-state index < -0.39 is 35.0 Å². The number of likely N-dealkylation sites (tertiary alicyclic amines) is 1. The van der Waals surface area contributed by atoms with Crippen LogP contribution in [0.3, 0.4) is 0 Å². The number of Topliss-reactive ketones (excluding diaryl/α,β-unsaturated/α-hetero) is 1. The average molecular weight is 550 g/mol. The van der Waals surface area contributed by atoms with Crippen molar-refractivity contribution in [2.75, 3.05) is 6.54 Å². The van der Waals surface area contributed by atoms with Crippen molar-refractivity contribution in [3.63, 3.8) is 0 Å². The van der Waals surface area contributed by atoms with Gasteiger partial charge in [-0.2, -0.15) is 0 Å². The van der Waals surface area contributed by atoms with Crippen LogP contribution in [0.25, 0.3) is 10.9 Å². The number of nitrogens with zero attached hydrogens (tertiary/aromatic N) is 2. The molecule has 1 saturated carbocycles. The van der Waals surface area contributed by atoms with Gasteiger partial charge in [-0.1, -0.05) is 54.6 Å². The molecular weight excluding hydrogens is 518 g/mol. The number of aromatic nitrogens is 2. The lowest BCUT2D eigenvalue weighted by atomic mass is 9.85. The number of hydrogen-bond donors (Lipinski definition) is 3. The van der Waals surface area contributed by atoms with E-state index in [1.807, 2.05) is 60.7 Å². The molecule has 9 nitrogen and oxygen atoms in total. The Morgan fingerprint density at radius 1 is 1.00 bits per heavy atom. The summed E-state index contributed by atoms with van der Waals surface area (Å²) in [4.78, 5) is 61.7. The standard InChI is InChI=1S/C32H31N5O4/c33-29(39)27-16-32(19-37(27)31(41)26-14-22-10-4-5-11-25(22)36-26)15-24(32)23(13-21-9-6-12-34-17-21)28(38)30(40)35-18-20-7-2-1-3-8-20/h1-12,14,17,23-24,27,36H,13,15-16,18-19H2,(H2,33,39)(H,35,40)/t23-,24?,27?,32?/m0/s1. The van der Waals surface area contributed by atoms with Crippen molar-refractivity contribution in [3.8, 4) is 0 Å². The van der Waals surface area contributed by atoms with Crippen LogP contribution in [0.5, 0.6) is 0 Å². The van der Waals surface area contributed by atoms with Crippen molar-refractivity contribution in [1.29, 1.82) is 0 Å². The van der Waals surface area contributed by atoms with E-state index in [9.17, 15) is 19.2 Å². The number of para-hydroxylation sites is 1. The molecule has 0 bridgehead atoms. The van der Waals surface area contributed by atoms with Gasteiger partial charge in [-0.15, -0.1) is 0 Å². The molecule has 4 aromatic rings. The molecule has 1 saturated heterocycles. The Morgan fingerprint density at radius 2 is 1.76 bits per heavy atom. The second-order valence-corrected chi connectivity index (χ2v) is 11.2. The number of benzene rings is 2. The van der Waals surface area contributed by atoms with Crippen molar-refractivity contribution in [3.05, 3.63) is 102 Å². The number of hydrogen-bond acceptors (Lipinski definition) is 5. The van der Waals surface area contributed by atoms with Crippen molar-refractivity contribution >= 4 is 34.4 Å². The molecule has 3 amide bonds. The highest BCUT2D eigenvalue weighted by Gasteiger charge is 2.65. The largest absolute Gasteiger partial charge is 0.368 e. The molecule has 0 radical (unpaired) electrons. The second kappa shape index (κ2) is 10.6. The van der Waals surface area contributed by atoms with E-state index in [1.54, 1.807) is 24.5 Å². The zero-order valence-electron chi connectivity index (χ0n) is 22.5. The maximum absolute atomic E-state index is 13.6. The van der Waals surface area contributed by atoms with Gasteiger partial charge in [-0.3, -0.25) is 24.2 Å². The molecule has 3 unspecified atom stereocenters. The fourth-order valence-corrected chi connectivity index (χ4v) is 6.41. The summed E-state index contributed by atoms with van der Waals surface area (Å²) < 4.78 is 0. The lowest BCUT2D eigenvalue weighted by Crippen LogP contribution is -2.43. The molecule has 2 aromatic heterocycles. The summed E-state index contributed by atoms with van der Waals surface area (Å²) >= 11 is 0. The highest BCUT2D eigenvalue weighted by Crippen LogP contribution is 2.63. The van der Waals surface area contributed by atoms with Crippen LogP contribution in [-0.2, 0) is 27.3 Å². The molecule has 4 atom stereocenters. The summed E-state index contributed by atoms with van der Waals surface area (Å²) in [5.41, 5.74) is 8.28. The molecule has 6 rings (SSSR count). The van der Waals surface area contributed by atoms with Crippen molar-refractivity contribution in [1.82, 2.24) is 20.2 Å². The van der Waals surface area contributed by atoms with Crippen LogP contribution in [-0.4, -0.2) is 51.0 Å². The number of carbonyl (C=O) groups is 4. The zero-order chi connectivity index (χ0) is 28.6. The Balaban J connectivity index is 1.23. The number of pyridine rings is 1. The van der Waals surface area contributed by atoms with E-state index in [-0.39, 0.29) is 18.4 Å². The summed E-state index contributed by atoms with van der Waals surface area (Å²) in [7, 11) is 0. The Morgan fingerprint density at radius 3 is 2.49 bits per heavy atom. The highest BCUT2D eigenvalue weighted by molar-refractivity contribution is 6.37. The van der Waals surface area contributed by atoms with Crippen LogP contribution in [0.1, 0.15) is 34.5 Å². The fraction of sp³-hybridized carbons (Fsp3) is 0.281. The normalized spacial score (nSPS) is 22.0. The van der Waals surface area contributed by atoms with Crippen molar-refractivity contribution < 1.29 is 19.2 Å². The number of primary amides is 1. The molecule has 1 aliphatic heterocycles. The number of carbonyl (C=O) groups excluding carboxylic acids is 4. The van der Waals surface area contributed by atoms with Crippen LogP contribution in [0.15, 0.2) is 85.2 Å². The molecule has 2 aromatic carbocycles. The Hall–Kier alpha value is -4.79. The predicted octanol–water partition coefficient (Wildman–Crippen LogP) is 3.01. The van der Waals surface area contributed by atoms with Gasteiger partial charge in [0.25, 0.3) is 11.8 Å². The molecule has 3 heterocycles. The number of amides is 3. The number of nitrogens with two attached hydrogens (primary N) is 1. The van der Waals surface area contributed by atoms with Crippen molar-refractivity contribution in [2.24, 2.45) is 23.0 Å². The second-order valence-electron chi connectivity index (χ2n) is 11.2. The fourth-order valence-electron chi connectivity index (χ4n) is 6.41. The van der Waals surface area contributed by atoms with E-state index in [4.69, 9.17) is 5.73 Å². The van der Waals surface area contributed by atoms with Crippen LogP contribution < -0.4 is 11.1 Å². The van der Waals surface area contributed by atoms with Gasteiger partial charge < -0.3 is 20.9 Å². The number of rotatable bonds is 9. The third-order valence-corrected chi connectivity index (χ3v) is 8.58. The number of H-pyrrole nitrogens is 1. The lowest BCUT2D eigenvalue weighted by Gasteiger charge is -2.22. The van der Waals surface area contributed by atoms with Gasteiger partial charge in [-0.05, 0) is 59.9 Å². The Labute approximate surface area is 237 Å². The topological polar surface area (TPSA) is 138 Å². The van der Waals surface area contributed by atoms with E-state index in [0.29, 0.717) is 31.5 Å². The first-order valence-corrected chi connectivity index (χ1v) is 13.8. The first kappa shape index (κ1) is 26.4. The van der Waals surface area contributed by atoms with Crippen LogP contribution in [0.2, 0.25) is 0 Å². The van der Waals surface area contributed by atoms with Gasteiger partial charge in [0.2, 0.25) is 11.7 Å². The van der Waals surface area contributed by atoms with E-state index in [2.05, 4.69) is 15.3 Å². The molecule has 41 heavy (non-hydrogen) atoms. The van der Waals surface area contributed by atoms with Gasteiger partial charge in [0.15, 0.2) is 0 Å².